The molecule has 0 unspecified atom stereocenters. The maximum absolute atomic E-state index is 12.0. The third kappa shape index (κ3) is 5.65. The summed E-state index contributed by atoms with van der Waals surface area (Å²) in [5.41, 5.74) is 0.909. The molecular weight excluding hydrogens is 368 g/mol. The summed E-state index contributed by atoms with van der Waals surface area (Å²) in [5, 5.41) is 3.05. The average molecular weight is 401 g/mol. The molecule has 7 nitrogen and oxygen atoms in total. The highest BCUT2D eigenvalue weighted by atomic mass is 32.2. The molecule has 154 valence electrons. The van der Waals surface area contributed by atoms with E-state index in [2.05, 4.69) is 10.0 Å². The van der Waals surface area contributed by atoms with Gasteiger partial charge in [0.2, 0.25) is 15.8 Å². The van der Waals surface area contributed by atoms with E-state index in [4.69, 9.17) is 14.2 Å². The van der Waals surface area contributed by atoms with Crippen molar-refractivity contribution in [2.45, 2.75) is 50.8 Å². The molecule has 27 heavy (non-hydrogen) atoms. The van der Waals surface area contributed by atoms with Crippen molar-refractivity contribution in [2.24, 2.45) is 5.92 Å². The Hall–Kier alpha value is -1.67. The van der Waals surface area contributed by atoms with Crippen molar-refractivity contribution in [1.29, 1.82) is 0 Å². The van der Waals surface area contributed by atoms with Crippen LogP contribution in [0.1, 0.15) is 39.5 Å². The molecule has 0 aliphatic heterocycles. The van der Waals surface area contributed by atoms with E-state index in [0.29, 0.717) is 23.2 Å². The Labute approximate surface area is 162 Å². The van der Waals surface area contributed by atoms with Crippen molar-refractivity contribution >= 4 is 15.7 Å². The maximum atomic E-state index is 12.0. The lowest BCUT2D eigenvalue weighted by Gasteiger charge is -2.30. The highest BCUT2D eigenvalue weighted by Gasteiger charge is 2.26. The van der Waals surface area contributed by atoms with Gasteiger partial charge in [-0.3, -0.25) is 0 Å². The lowest BCUT2D eigenvalue weighted by molar-refractivity contribution is 0.321. The number of anilines is 1. The van der Waals surface area contributed by atoms with Crippen LogP contribution in [0.15, 0.2) is 12.1 Å². The van der Waals surface area contributed by atoms with Gasteiger partial charge in [0.15, 0.2) is 11.5 Å². The van der Waals surface area contributed by atoms with E-state index in [-0.39, 0.29) is 6.04 Å². The lowest BCUT2D eigenvalue weighted by Crippen LogP contribution is -2.41. The van der Waals surface area contributed by atoms with Crippen LogP contribution in [0.3, 0.4) is 0 Å². The quantitative estimate of drug-likeness (QED) is 0.663. The van der Waals surface area contributed by atoms with E-state index >= 15 is 0 Å². The maximum Gasteiger partial charge on any atom is 0.214 e. The first kappa shape index (κ1) is 21.6. The number of benzene rings is 1. The second kappa shape index (κ2) is 9.50. The van der Waals surface area contributed by atoms with Crippen molar-refractivity contribution < 1.29 is 22.6 Å². The van der Waals surface area contributed by atoms with Crippen molar-refractivity contribution in [1.82, 2.24) is 4.72 Å². The first-order valence-electron chi connectivity index (χ1n) is 9.35. The SMILES string of the molecule is COc1cc(NC[C@H]2CC[C@H](NS(=O)(=O)C(C)C)CC2)cc(OC)c1OC. The molecule has 1 aromatic carbocycles. The predicted octanol–water partition coefficient (Wildman–Crippen LogP) is 3.01. The van der Waals surface area contributed by atoms with Crippen molar-refractivity contribution in [2.75, 3.05) is 33.2 Å². The average Bonchev–Trinajstić information content (AvgIpc) is 2.66. The molecule has 0 atom stereocenters. The van der Waals surface area contributed by atoms with Gasteiger partial charge in [-0.05, 0) is 45.4 Å². The van der Waals surface area contributed by atoms with Gasteiger partial charge in [-0.1, -0.05) is 0 Å². The van der Waals surface area contributed by atoms with E-state index in [9.17, 15) is 8.42 Å². The van der Waals surface area contributed by atoms with Crippen LogP contribution < -0.4 is 24.2 Å². The van der Waals surface area contributed by atoms with E-state index in [1.54, 1.807) is 35.2 Å². The van der Waals surface area contributed by atoms with Gasteiger partial charge in [-0.25, -0.2) is 13.1 Å². The zero-order chi connectivity index (χ0) is 20.0. The molecule has 1 aliphatic rings. The van der Waals surface area contributed by atoms with Crippen LogP contribution in [-0.4, -0.2) is 47.6 Å². The van der Waals surface area contributed by atoms with Crippen LogP contribution >= 0.6 is 0 Å². The van der Waals surface area contributed by atoms with Crippen LogP contribution in [0.2, 0.25) is 0 Å². The Morgan fingerprint density at radius 3 is 2.00 bits per heavy atom. The smallest absolute Gasteiger partial charge is 0.214 e. The van der Waals surface area contributed by atoms with E-state index in [1.807, 2.05) is 12.1 Å². The Bertz CT molecular complexity index is 688. The van der Waals surface area contributed by atoms with Crippen molar-refractivity contribution in [3.8, 4) is 17.2 Å². The van der Waals surface area contributed by atoms with Crippen LogP contribution in [0, 0.1) is 5.92 Å². The molecule has 8 heteroatoms. The predicted molar refractivity (Wildman–Crippen MR) is 108 cm³/mol. The van der Waals surface area contributed by atoms with Gasteiger partial charge in [-0.2, -0.15) is 0 Å². The van der Waals surface area contributed by atoms with Gasteiger partial charge < -0.3 is 19.5 Å². The van der Waals surface area contributed by atoms with Crippen molar-refractivity contribution in [3.05, 3.63) is 12.1 Å². The molecule has 2 N–H and O–H groups in total. The highest BCUT2D eigenvalue weighted by molar-refractivity contribution is 7.90. The minimum Gasteiger partial charge on any atom is -0.493 e. The fourth-order valence-electron chi connectivity index (χ4n) is 3.30. The summed E-state index contributed by atoms with van der Waals surface area (Å²) in [7, 11) is 1.58. The van der Waals surface area contributed by atoms with Gasteiger partial charge in [0.25, 0.3) is 0 Å². The van der Waals surface area contributed by atoms with Gasteiger partial charge in [-0.15, -0.1) is 0 Å². The zero-order valence-corrected chi connectivity index (χ0v) is 17.7. The zero-order valence-electron chi connectivity index (χ0n) is 16.9. The van der Waals surface area contributed by atoms with E-state index in [0.717, 1.165) is 37.9 Å². The summed E-state index contributed by atoms with van der Waals surface area (Å²) in [6.07, 6.45) is 3.71. The molecule has 0 radical (unpaired) electrons. The van der Waals surface area contributed by atoms with Gasteiger partial charge in [0.05, 0.1) is 26.6 Å². The standard InChI is InChI=1S/C19H32N2O5S/c1-13(2)27(22,23)21-15-8-6-14(7-9-15)12-20-16-10-17(24-3)19(26-5)18(11-16)25-4/h10-11,13-15,20-21H,6-9,12H2,1-5H3/t14-,15-. The number of rotatable bonds is 9. The topological polar surface area (TPSA) is 85.9 Å². The Balaban J connectivity index is 1.90. The first-order chi connectivity index (χ1) is 12.8. The number of hydrogen-bond donors (Lipinski definition) is 2. The van der Waals surface area contributed by atoms with Gasteiger partial charge in [0.1, 0.15) is 0 Å². The molecule has 1 aromatic rings. The fraction of sp³-hybridized carbons (Fsp3) is 0.684. The number of ether oxygens (including phenoxy) is 3. The second-order valence-corrected chi connectivity index (χ2v) is 9.49. The molecule has 1 aliphatic carbocycles. The number of sulfonamides is 1. The third-order valence-corrected chi connectivity index (χ3v) is 6.96. The molecule has 2 rings (SSSR count). The summed E-state index contributed by atoms with van der Waals surface area (Å²) in [6.45, 7) is 4.23. The van der Waals surface area contributed by atoms with Crippen LogP contribution in [0.5, 0.6) is 17.2 Å². The summed E-state index contributed by atoms with van der Waals surface area (Å²) < 4.78 is 43.0. The van der Waals surface area contributed by atoms with E-state index in [1.165, 1.54) is 0 Å². The number of methoxy groups -OCH3 is 3. The molecule has 1 saturated carbocycles. The molecule has 0 saturated heterocycles. The lowest BCUT2D eigenvalue weighted by atomic mass is 9.86. The van der Waals surface area contributed by atoms with E-state index < -0.39 is 15.3 Å². The number of nitrogens with one attached hydrogen (secondary N) is 2. The molecule has 0 bridgehead atoms. The normalized spacial score (nSPS) is 20.4. The molecule has 0 heterocycles. The van der Waals surface area contributed by atoms with Crippen LogP contribution in [0.4, 0.5) is 5.69 Å². The fourth-order valence-corrected chi connectivity index (χ4v) is 4.27. The Morgan fingerprint density at radius 1 is 1.00 bits per heavy atom. The third-order valence-electron chi connectivity index (χ3n) is 5.06. The summed E-state index contributed by atoms with van der Waals surface area (Å²) in [5.74, 6) is 2.31. The largest absolute Gasteiger partial charge is 0.493 e. The molecular formula is C19H32N2O5S. The number of hydrogen-bond acceptors (Lipinski definition) is 6. The monoisotopic (exact) mass is 400 g/mol. The summed E-state index contributed by atoms with van der Waals surface area (Å²) in [6, 6.07) is 3.84. The molecule has 1 fully saturated rings. The summed E-state index contributed by atoms with van der Waals surface area (Å²) in [4.78, 5) is 0. The minimum absolute atomic E-state index is 0.0508. The molecule has 0 spiro atoms. The van der Waals surface area contributed by atoms with Crippen LogP contribution in [-0.2, 0) is 10.0 Å². The molecule has 0 amide bonds. The Morgan fingerprint density at radius 2 is 1.56 bits per heavy atom. The summed E-state index contributed by atoms with van der Waals surface area (Å²) >= 11 is 0. The van der Waals surface area contributed by atoms with Gasteiger partial charge >= 0.3 is 0 Å². The minimum atomic E-state index is -3.20. The van der Waals surface area contributed by atoms with Crippen molar-refractivity contribution in [3.63, 3.8) is 0 Å². The molecule has 0 aromatic heterocycles. The van der Waals surface area contributed by atoms with Gasteiger partial charge in [0, 0.05) is 30.4 Å². The van der Waals surface area contributed by atoms with Crippen LogP contribution in [0.25, 0.3) is 0 Å². The first-order valence-corrected chi connectivity index (χ1v) is 10.9. The Kier molecular flexibility index (Phi) is 7.61. The highest BCUT2D eigenvalue weighted by Crippen LogP contribution is 2.40. The second-order valence-electron chi connectivity index (χ2n) is 7.22.